The van der Waals surface area contributed by atoms with Gasteiger partial charge in [0.05, 0.1) is 12.3 Å². The Hall–Kier alpha value is -3.64. The molecule has 0 unspecified atom stereocenters. The highest BCUT2D eigenvalue weighted by molar-refractivity contribution is 7.17. The fourth-order valence-corrected chi connectivity index (χ4v) is 4.29. The molecule has 3 rings (SSSR count). The lowest BCUT2D eigenvalue weighted by molar-refractivity contribution is -0.116. The number of thiazole rings is 1. The molecule has 0 saturated carbocycles. The fourth-order valence-electron chi connectivity index (χ4n) is 3.42. The molecule has 0 fully saturated rings. The van der Waals surface area contributed by atoms with Crippen molar-refractivity contribution >= 4 is 34.3 Å². The van der Waals surface area contributed by atoms with E-state index in [4.69, 9.17) is 9.26 Å². The number of aryl methyl sites for hydroxylation is 2. The second kappa shape index (κ2) is 13.1. The van der Waals surface area contributed by atoms with Gasteiger partial charge in [0.1, 0.15) is 4.88 Å². The molecule has 0 aliphatic rings. The molecule has 2 N–H and O–H groups in total. The van der Waals surface area contributed by atoms with E-state index in [-0.39, 0.29) is 18.2 Å². The molecule has 0 spiro atoms. The summed E-state index contributed by atoms with van der Waals surface area (Å²) in [4.78, 5) is 48.9. The minimum atomic E-state index is -0.452. The first-order chi connectivity index (χ1) is 17.7. The topological polar surface area (TPSA) is 140 Å². The van der Waals surface area contributed by atoms with Gasteiger partial charge in [-0.3, -0.25) is 9.59 Å². The molecule has 198 valence electrons. The van der Waals surface area contributed by atoms with E-state index in [1.165, 1.54) is 0 Å². The van der Waals surface area contributed by atoms with Gasteiger partial charge in [0.2, 0.25) is 17.6 Å². The zero-order valence-corrected chi connectivity index (χ0v) is 22.5. The Morgan fingerprint density at radius 2 is 1.97 bits per heavy atom. The van der Waals surface area contributed by atoms with Gasteiger partial charge in [-0.1, -0.05) is 35.5 Å². The number of aromatic nitrogens is 3. The number of esters is 1. The van der Waals surface area contributed by atoms with Crippen molar-refractivity contribution in [2.24, 2.45) is 0 Å². The number of nitrogens with one attached hydrogen (secondary N) is 2. The number of rotatable bonds is 12. The molecule has 1 aromatic carbocycles. The number of hydrogen-bond donors (Lipinski definition) is 2. The number of benzene rings is 1. The normalized spacial score (nSPS) is 11.8. The zero-order valence-electron chi connectivity index (χ0n) is 21.7. The van der Waals surface area contributed by atoms with Crippen LogP contribution in [0.3, 0.4) is 0 Å². The lowest BCUT2D eigenvalue weighted by Crippen LogP contribution is -2.39. The van der Waals surface area contributed by atoms with Crippen LogP contribution in [0.5, 0.6) is 0 Å². The van der Waals surface area contributed by atoms with Gasteiger partial charge in [0.15, 0.2) is 5.13 Å². The van der Waals surface area contributed by atoms with E-state index >= 15 is 0 Å². The third-order valence-corrected chi connectivity index (χ3v) is 6.32. The molecule has 11 nitrogen and oxygen atoms in total. The zero-order chi connectivity index (χ0) is 26.9. The first kappa shape index (κ1) is 27.9. The molecule has 2 heterocycles. The SMILES string of the molecule is CCCOC(=O)c1sc(NC(=O)C[C@H](CCN(C)C)NC(=O)c2cccc(-c3noc(C)n3)c2)nc1C. The van der Waals surface area contributed by atoms with Crippen molar-refractivity contribution in [2.75, 3.05) is 32.6 Å². The molecular formula is C25H32N6O5S. The Morgan fingerprint density at radius 3 is 2.65 bits per heavy atom. The average Bonchev–Trinajstić information content (AvgIpc) is 3.46. The summed E-state index contributed by atoms with van der Waals surface area (Å²) in [5.74, 6) is -0.258. The monoisotopic (exact) mass is 528 g/mol. The predicted molar refractivity (Wildman–Crippen MR) is 140 cm³/mol. The number of anilines is 1. The van der Waals surface area contributed by atoms with Gasteiger partial charge in [-0.15, -0.1) is 0 Å². The van der Waals surface area contributed by atoms with Crippen LogP contribution in [0.4, 0.5) is 5.13 Å². The number of hydrogen-bond acceptors (Lipinski definition) is 10. The predicted octanol–water partition coefficient (Wildman–Crippen LogP) is 3.46. The summed E-state index contributed by atoms with van der Waals surface area (Å²) in [6.45, 7) is 6.29. The third kappa shape index (κ3) is 8.19. The van der Waals surface area contributed by atoms with Crippen LogP contribution in [0.25, 0.3) is 11.4 Å². The Bertz CT molecular complexity index is 1240. The maximum atomic E-state index is 13.1. The van der Waals surface area contributed by atoms with Crippen LogP contribution in [0.15, 0.2) is 28.8 Å². The standard InChI is InChI=1S/C25H32N6O5S/c1-6-12-35-24(34)21-15(2)26-25(37-21)29-20(32)14-19(10-11-31(4)5)28-23(33)18-9-7-8-17(13-18)22-27-16(3)36-30-22/h7-9,13,19H,6,10-12,14H2,1-5H3,(H,28,33)(H,26,29,32)/t19-/m0/s1. The highest BCUT2D eigenvalue weighted by atomic mass is 32.1. The Balaban J connectivity index is 1.67. The number of nitrogens with zero attached hydrogens (tertiary/aromatic N) is 4. The molecule has 1 atom stereocenters. The highest BCUT2D eigenvalue weighted by Crippen LogP contribution is 2.24. The lowest BCUT2D eigenvalue weighted by Gasteiger charge is -2.20. The number of carbonyl (C=O) groups is 3. The van der Waals surface area contributed by atoms with E-state index in [0.29, 0.717) is 64.5 Å². The minimum absolute atomic E-state index is 0.0392. The number of ether oxygens (including phenoxy) is 1. The van der Waals surface area contributed by atoms with Crippen LogP contribution in [0.2, 0.25) is 0 Å². The molecule has 0 aliphatic carbocycles. The maximum absolute atomic E-state index is 13.1. The molecule has 0 aliphatic heterocycles. The second-order valence-corrected chi connectivity index (χ2v) is 9.80. The molecule has 2 aromatic heterocycles. The van der Waals surface area contributed by atoms with E-state index in [1.807, 2.05) is 25.9 Å². The molecule has 0 bridgehead atoms. The average molecular weight is 529 g/mol. The smallest absolute Gasteiger partial charge is 0.350 e. The minimum Gasteiger partial charge on any atom is -0.461 e. The van der Waals surface area contributed by atoms with Gasteiger partial charge in [-0.2, -0.15) is 4.98 Å². The van der Waals surface area contributed by atoms with Crippen molar-refractivity contribution in [2.45, 2.75) is 46.1 Å². The first-order valence-corrected chi connectivity index (χ1v) is 12.8. The molecule has 12 heteroatoms. The molecule has 0 saturated heterocycles. The first-order valence-electron chi connectivity index (χ1n) is 12.0. The van der Waals surface area contributed by atoms with Crippen LogP contribution in [-0.4, -0.2) is 71.1 Å². The van der Waals surface area contributed by atoms with E-state index in [2.05, 4.69) is 25.8 Å². The summed E-state index contributed by atoms with van der Waals surface area (Å²) in [7, 11) is 3.85. The summed E-state index contributed by atoms with van der Waals surface area (Å²) < 4.78 is 10.2. The highest BCUT2D eigenvalue weighted by Gasteiger charge is 2.21. The third-order valence-electron chi connectivity index (χ3n) is 5.27. The second-order valence-electron chi connectivity index (χ2n) is 8.80. The van der Waals surface area contributed by atoms with E-state index in [9.17, 15) is 14.4 Å². The van der Waals surface area contributed by atoms with Crippen molar-refractivity contribution in [1.82, 2.24) is 25.3 Å². The van der Waals surface area contributed by atoms with Crippen LogP contribution in [0, 0.1) is 13.8 Å². The van der Waals surface area contributed by atoms with Crippen LogP contribution < -0.4 is 10.6 Å². The van der Waals surface area contributed by atoms with Gasteiger partial charge in [0.25, 0.3) is 5.91 Å². The molecule has 3 aromatic rings. The summed E-state index contributed by atoms with van der Waals surface area (Å²) in [6.07, 6.45) is 1.31. The maximum Gasteiger partial charge on any atom is 0.350 e. The lowest BCUT2D eigenvalue weighted by atomic mass is 10.1. The van der Waals surface area contributed by atoms with E-state index in [0.717, 1.165) is 11.3 Å². The van der Waals surface area contributed by atoms with Crippen molar-refractivity contribution in [3.05, 3.63) is 46.3 Å². The molecule has 0 radical (unpaired) electrons. The van der Waals surface area contributed by atoms with E-state index < -0.39 is 12.0 Å². The molecular weight excluding hydrogens is 496 g/mol. The number of amides is 2. The van der Waals surface area contributed by atoms with Crippen LogP contribution in [-0.2, 0) is 9.53 Å². The van der Waals surface area contributed by atoms with Crippen molar-refractivity contribution in [3.63, 3.8) is 0 Å². The van der Waals surface area contributed by atoms with Gasteiger partial charge >= 0.3 is 5.97 Å². The summed E-state index contributed by atoms with van der Waals surface area (Å²) >= 11 is 1.07. The molecule has 2 amide bonds. The Morgan fingerprint density at radius 1 is 1.19 bits per heavy atom. The van der Waals surface area contributed by atoms with Crippen molar-refractivity contribution in [3.8, 4) is 11.4 Å². The van der Waals surface area contributed by atoms with E-state index in [1.54, 1.807) is 38.1 Å². The van der Waals surface area contributed by atoms with Gasteiger partial charge < -0.3 is 24.8 Å². The van der Waals surface area contributed by atoms with Crippen molar-refractivity contribution in [1.29, 1.82) is 0 Å². The number of carbonyl (C=O) groups excluding carboxylic acids is 3. The Labute approximate surface area is 219 Å². The summed E-state index contributed by atoms with van der Waals surface area (Å²) in [6, 6.07) is 6.47. The Kier molecular flexibility index (Phi) is 9.86. The van der Waals surface area contributed by atoms with Crippen molar-refractivity contribution < 1.29 is 23.6 Å². The quantitative estimate of drug-likeness (QED) is 0.338. The summed E-state index contributed by atoms with van der Waals surface area (Å²) in [5.41, 5.74) is 1.57. The van der Waals surface area contributed by atoms with Gasteiger partial charge in [-0.25, -0.2) is 9.78 Å². The van der Waals surface area contributed by atoms with Gasteiger partial charge in [0, 0.05) is 30.5 Å². The molecule has 37 heavy (non-hydrogen) atoms. The largest absolute Gasteiger partial charge is 0.461 e. The fraction of sp³-hybridized carbons (Fsp3) is 0.440. The van der Waals surface area contributed by atoms with Gasteiger partial charge in [-0.05, 0) is 52.5 Å². The van der Waals surface area contributed by atoms with Crippen LogP contribution in [0.1, 0.15) is 57.8 Å². The summed E-state index contributed by atoms with van der Waals surface area (Å²) in [5, 5.41) is 9.92. The van der Waals surface area contributed by atoms with Crippen LogP contribution >= 0.6 is 11.3 Å².